The van der Waals surface area contributed by atoms with Crippen LogP contribution in [0.2, 0.25) is 0 Å². The molecule has 0 radical (unpaired) electrons. The number of hydrogen-bond donors (Lipinski definition) is 0. The summed E-state index contributed by atoms with van der Waals surface area (Å²) in [4.78, 5) is 42.4. The van der Waals surface area contributed by atoms with Crippen molar-refractivity contribution in [2.24, 2.45) is 0 Å². The van der Waals surface area contributed by atoms with Crippen LogP contribution in [0.4, 0.5) is 4.79 Å². The first-order valence-electron chi connectivity index (χ1n) is 8.82. The second-order valence-corrected chi connectivity index (χ2v) is 6.61. The van der Waals surface area contributed by atoms with Crippen LogP contribution in [0.3, 0.4) is 0 Å². The summed E-state index contributed by atoms with van der Waals surface area (Å²) in [5, 5.41) is 0. The largest absolute Gasteiger partial charge is 0.339 e. The summed E-state index contributed by atoms with van der Waals surface area (Å²) in [6.07, 6.45) is 4.23. The molecule has 0 N–H and O–H groups in total. The summed E-state index contributed by atoms with van der Waals surface area (Å²) < 4.78 is 0. The maximum Gasteiger partial charge on any atom is 0.327 e. The number of nitrogens with zero attached hydrogens (tertiary/aromatic N) is 4. The van der Waals surface area contributed by atoms with Crippen molar-refractivity contribution >= 4 is 23.9 Å². The maximum atomic E-state index is 12.4. The standard InChI is InChI=1S/C19H24N4O3/c1-20-14-18(25)23(19(20)26)15-17(24)22-12-10-21(11-13-22)9-5-8-16-6-3-2-4-7-16/h2-8H,9-15H2,1H3. The topological polar surface area (TPSA) is 64.2 Å². The molecule has 0 bridgehead atoms. The number of urea groups is 1. The lowest BCUT2D eigenvalue weighted by molar-refractivity contribution is -0.137. The molecule has 0 atom stereocenters. The summed E-state index contributed by atoms with van der Waals surface area (Å²) in [6, 6.07) is 9.74. The molecular weight excluding hydrogens is 332 g/mol. The number of carbonyl (C=O) groups is 3. The van der Waals surface area contributed by atoms with Crippen LogP contribution >= 0.6 is 0 Å². The Labute approximate surface area is 153 Å². The fourth-order valence-corrected chi connectivity index (χ4v) is 3.14. The van der Waals surface area contributed by atoms with E-state index in [1.165, 1.54) is 10.5 Å². The Balaban J connectivity index is 1.43. The first-order chi connectivity index (χ1) is 12.5. The van der Waals surface area contributed by atoms with Crippen molar-refractivity contribution in [1.82, 2.24) is 19.6 Å². The lowest BCUT2D eigenvalue weighted by Crippen LogP contribution is -2.51. The molecule has 7 heteroatoms. The highest BCUT2D eigenvalue weighted by molar-refractivity contribution is 6.04. The Morgan fingerprint density at radius 3 is 2.38 bits per heavy atom. The number of imide groups is 1. The molecule has 0 spiro atoms. The van der Waals surface area contributed by atoms with Gasteiger partial charge in [-0.15, -0.1) is 0 Å². The summed E-state index contributed by atoms with van der Waals surface area (Å²) in [7, 11) is 1.56. The number of rotatable bonds is 5. The van der Waals surface area contributed by atoms with E-state index in [1.807, 2.05) is 18.2 Å². The number of benzene rings is 1. The lowest BCUT2D eigenvalue weighted by Gasteiger charge is -2.34. The minimum Gasteiger partial charge on any atom is -0.339 e. The van der Waals surface area contributed by atoms with Gasteiger partial charge in [-0.3, -0.25) is 19.4 Å². The number of carbonyl (C=O) groups excluding carboxylic acids is 3. The second-order valence-electron chi connectivity index (χ2n) is 6.61. The molecule has 0 saturated carbocycles. The van der Waals surface area contributed by atoms with Gasteiger partial charge in [-0.05, 0) is 5.56 Å². The van der Waals surface area contributed by atoms with E-state index in [4.69, 9.17) is 0 Å². The van der Waals surface area contributed by atoms with Crippen LogP contribution in [-0.4, -0.2) is 90.3 Å². The molecule has 1 aromatic rings. The predicted molar refractivity (Wildman–Crippen MR) is 98.2 cm³/mol. The second kappa shape index (κ2) is 8.14. The van der Waals surface area contributed by atoms with Gasteiger partial charge in [0.1, 0.15) is 13.1 Å². The first kappa shape index (κ1) is 18.1. The van der Waals surface area contributed by atoms with Gasteiger partial charge in [0.15, 0.2) is 0 Å². The molecule has 26 heavy (non-hydrogen) atoms. The van der Waals surface area contributed by atoms with Crippen LogP contribution in [0.15, 0.2) is 36.4 Å². The van der Waals surface area contributed by atoms with Gasteiger partial charge in [0.2, 0.25) is 5.91 Å². The van der Waals surface area contributed by atoms with Gasteiger partial charge >= 0.3 is 6.03 Å². The smallest absolute Gasteiger partial charge is 0.327 e. The Morgan fingerprint density at radius 2 is 1.77 bits per heavy atom. The van der Waals surface area contributed by atoms with Crippen molar-refractivity contribution in [2.75, 3.05) is 52.9 Å². The summed E-state index contributed by atoms with van der Waals surface area (Å²) in [5.74, 6) is -0.475. The third-order valence-electron chi connectivity index (χ3n) is 4.72. The van der Waals surface area contributed by atoms with Crippen LogP contribution in [-0.2, 0) is 9.59 Å². The van der Waals surface area contributed by atoms with Gasteiger partial charge in [-0.2, -0.15) is 0 Å². The van der Waals surface area contributed by atoms with Gasteiger partial charge in [0.25, 0.3) is 5.91 Å². The number of likely N-dealkylation sites (N-methyl/N-ethyl adjacent to an activating group) is 1. The average Bonchev–Trinajstić information content (AvgIpc) is 2.89. The number of piperazine rings is 1. The number of amides is 4. The molecule has 0 aromatic heterocycles. The molecular formula is C19H24N4O3. The number of hydrogen-bond acceptors (Lipinski definition) is 4. The third kappa shape index (κ3) is 4.29. The molecule has 1 aromatic carbocycles. The van der Waals surface area contributed by atoms with Crippen molar-refractivity contribution in [3.63, 3.8) is 0 Å². The van der Waals surface area contributed by atoms with E-state index in [2.05, 4.69) is 29.2 Å². The van der Waals surface area contributed by atoms with Crippen LogP contribution in [0, 0.1) is 0 Å². The SMILES string of the molecule is CN1CC(=O)N(CC(=O)N2CCN(CC=Cc3ccccc3)CC2)C1=O. The van der Waals surface area contributed by atoms with Crippen LogP contribution < -0.4 is 0 Å². The van der Waals surface area contributed by atoms with E-state index in [9.17, 15) is 14.4 Å². The highest BCUT2D eigenvalue weighted by Gasteiger charge is 2.36. The molecule has 2 saturated heterocycles. The molecule has 2 aliphatic heterocycles. The zero-order chi connectivity index (χ0) is 18.5. The lowest BCUT2D eigenvalue weighted by atomic mass is 10.2. The quantitative estimate of drug-likeness (QED) is 0.730. The first-order valence-corrected chi connectivity index (χ1v) is 8.82. The Kier molecular flexibility index (Phi) is 5.68. The highest BCUT2D eigenvalue weighted by atomic mass is 16.2. The Bertz CT molecular complexity index is 696. The normalized spacial score (nSPS) is 19.0. The van der Waals surface area contributed by atoms with Crippen LogP contribution in [0.25, 0.3) is 6.08 Å². The van der Waals surface area contributed by atoms with E-state index in [0.29, 0.717) is 13.1 Å². The van der Waals surface area contributed by atoms with Gasteiger partial charge in [-0.1, -0.05) is 42.5 Å². The Hall–Kier alpha value is -2.67. The van der Waals surface area contributed by atoms with Gasteiger partial charge in [0.05, 0.1) is 0 Å². The van der Waals surface area contributed by atoms with E-state index in [1.54, 1.807) is 11.9 Å². The minimum absolute atomic E-state index is 0.0492. The molecule has 138 valence electrons. The zero-order valence-corrected chi connectivity index (χ0v) is 15.0. The molecule has 0 unspecified atom stereocenters. The Morgan fingerprint density at radius 1 is 1.08 bits per heavy atom. The summed E-state index contributed by atoms with van der Waals surface area (Å²) in [5.41, 5.74) is 1.17. The summed E-state index contributed by atoms with van der Waals surface area (Å²) >= 11 is 0. The third-order valence-corrected chi connectivity index (χ3v) is 4.72. The van der Waals surface area contributed by atoms with Crippen molar-refractivity contribution in [2.45, 2.75) is 0 Å². The van der Waals surface area contributed by atoms with Crippen molar-refractivity contribution in [3.05, 3.63) is 42.0 Å². The monoisotopic (exact) mass is 356 g/mol. The average molecular weight is 356 g/mol. The fraction of sp³-hybridized carbons (Fsp3) is 0.421. The van der Waals surface area contributed by atoms with Crippen LogP contribution in [0.5, 0.6) is 0 Å². The van der Waals surface area contributed by atoms with Crippen molar-refractivity contribution in [1.29, 1.82) is 0 Å². The molecule has 2 aliphatic rings. The van der Waals surface area contributed by atoms with Crippen molar-refractivity contribution < 1.29 is 14.4 Å². The van der Waals surface area contributed by atoms with Crippen molar-refractivity contribution in [3.8, 4) is 0 Å². The zero-order valence-electron chi connectivity index (χ0n) is 15.0. The predicted octanol–water partition coefficient (Wildman–Crippen LogP) is 0.738. The maximum absolute atomic E-state index is 12.4. The van der Waals surface area contributed by atoms with Gasteiger partial charge < -0.3 is 9.80 Å². The molecule has 2 heterocycles. The molecule has 7 nitrogen and oxygen atoms in total. The van der Waals surface area contributed by atoms with E-state index >= 15 is 0 Å². The van der Waals surface area contributed by atoms with E-state index in [0.717, 1.165) is 24.5 Å². The van der Waals surface area contributed by atoms with E-state index < -0.39 is 6.03 Å². The summed E-state index contributed by atoms with van der Waals surface area (Å²) in [6.45, 7) is 3.53. The van der Waals surface area contributed by atoms with E-state index in [-0.39, 0.29) is 24.9 Å². The molecule has 3 rings (SSSR count). The minimum atomic E-state index is -0.395. The van der Waals surface area contributed by atoms with Crippen LogP contribution in [0.1, 0.15) is 5.56 Å². The highest BCUT2D eigenvalue weighted by Crippen LogP contribution is 2.10. The fourth-order valence-electron chi connectivity index (χ4n) is 3.14. The molecule has 4 amide bonds. The molecule has 0 aliphatic carbocycles. The van der Waals surface area contributed by atoms with Gasteiger partial charge in [0, 0.05) is 39.8 Å². The molecule has 2 fully saturated rings. The van der Waals surface area contributed by atoms with Gasteiger partial charge in [-0.25, -0.2) is 4.79 Å².